The van der Waals surface area contributed by atoms with Gasteiger partial charge in [0.1, 0.15) is 5.76 Å². The molecule has 0 spiro atoms. The summed E-state index contributed by atoms with van der Waals surface area (Å²) >= 11 is 0. The van der Waals surface area contributed by atoms with Gasteiger partial charge < -0.3 is 14.6 Å². The number of rotatable bonds is 8. The van der Waals surface area contributed by atoms with Gasteiger partial charge in [0.2, 0.25) is 5.91 Å². The Labute approximate surface area is 120 Å². The molecule has 112 valence electrons. The average Bonchev–Trinajstić information content (AvgIpc) is 2.84. The van der Waals surface area contributed by atoms with E-state index in [1.807, 2.05) is 4.90 Å². The predicted octanol–water partition coefficient (Wildman–Crippen LogP) is 2.36. The molecule has 0 bridgehead atoms. The average molecular weight is 280 g/mol. The molecular weight excluding hydrogens is 256 g/mol. The monoisotopic (exact) mass is 280 g/mol. The van der Waals surface area contributed by atoms with Gasteiger partial charge in [-0.05, 0) is 25.8 Å². The summed E-state index contributed by atoms with van der Waals surface area (Å²) in [5.74, 6) is 0.493. The van der Waals surface area contributed by atoms with Crippen LogP contribution in [0, 0.1) is 6.92 Å². The zero-order valence-electron chi connectivity index (χ0n) is 12.6. The molecule has 2 amide bonds. The van der Waals surface area contributed by atoms with E-state index < -0.39 is 0 Å². The van der Waals surface area contributed by atoms with Crippen molar-refractivity contribution in [1.82, 2.24) is 10.2 Å². The van der Waals surface area contributed by atoms with Crippen LogP contribution in [0.1, 0.15) is 49.2 Å². The number of carbonyl (C=O) groups is 2. The van der Waals surface area contributed by atoms with Crippen LogP contribution in [-0.4, -0.2) is 36.3 Å². The largest absolute Gasteiger partial charge is 0.469 e. The number of hydrogen-bond acceptors (Lipinski definition) is 3. The lowest BCUT2D eigenvalue weighted by Crippen LogP contribution is -2.35. The highest BCUT2D eigenvalue weighted by Crippen LogP contribution is 2.08. The summed E-state index contributed by atoms with van der Waals surface area (Å²) < 4.78 is 5.08. The van der Waals surface area contributed by atoms with Gasteiger partial charge in [0.05, 0.1) is 11.8 Å². The Hall–Kier alpha value is -1.78. The predicted molar refractivity (Wildman–Crippen MR) is 77.6 cm³/mol. The van der Waals surface area contributed by atoms with E-state index in [-0.39, 0.29) is 11.8 Å². The summed E-state index contributed by atoms with van der Waals surface area (Å²) in [6.07, 6.45) is 3.72. The summed E-state index contributed by atoms with van der Waals surface area (Å²) in [5, 5.41) is 2.75. The maximum Gasteiger partial charge on any atom is 0.254 e. The quantitative estimate of drug-likeness (QED) is 0.795. The summed E-state index contributed by atoms with van der Waals surface area (Å²) in [6, 6.07) is 1.63. The lowest BCUT2D eigenvalue weighted by Gasteiger charge is -2.21. The second-order valence-corrected chi connectivity index (χ2v) is 4.78. The van der Waals surface area contributed by atoms with E-state index >= 15 is 0 Å². The standard InChI is InChI=1S/C15H24N2O3/c1-4-9-17(10-5-2)14(18)6-8-16-15(19)13-7-11-20-12(13)3/h7,11H,4-6,8-10H2,1-3H3,(H,16,19). The Bertz CT molecular complexity index is 434. The molecule has 0 radical (unpaired) electrons. The lowest BCUT2D eigenvalue weighted by molar-refractivity contribution is -0.131. The number of furan rings is 1. The second-order valence-electron chi connectivity index (χ2n) is 4.78. The van der Waals surface area contributed by atoms with Crippen molar-refractivity contribution in [2.45, 2.75) is 40.0 Å². The van der Waals surface area contributed by atoms with Gasteiger partial charge in [-0.2, -0.15) is 0 Å². The van der Waals surface area contributed by atoms with Gasteiger partial charge in [0, 0.05) is 26.1 Å². The fourth-order valence-corrected chi connectivity index (χ4v) is 2.06. The van der Waals surface area contributed by atoms with E-state index in [0.717, 1.165) is 25.9 Å². The van der Waals surface area contributed by atoms with Crippen LogP contribution in [0.4, 0.5) is 0 Å². The van der Waals surface area contributed by atoms with Crippen molar-refractivity contribution in [3.8, 4) is 0 Å². The van der Waals surface area contributed by atoms with E-state index in [4.69, 9.17) is 4.42 Å². The van der Waals surface area contributed by atoms with Crippen molar-refractivity contribution in [2.24, 2.45) is 0 Å². The number of nitrogens with one attached hydrogen (secondary N) is 1. The zero-order chi connectivity index (χ0) is 15.0. The highest BCUT2D eigenvalue weighted by molar-refractivity contribution is 5.95. The van der Waals surface area contributed by atoms with Gasteiger partial charge in [-0.15, -0.1) is 0 Å². The van der Waals surface area contributed by atoms with Crippen molar-refractivity contribution in [3.05, 3.63) is 23.7 Å². The molecule has 20 heavy (non-hydrogen) atoms. The van der Waals surface area contributed by atoms with Crippen molar-refractivity contribution < 1.29 is 14.0 Å². The van der Waals surface area contributed by atoms with Crippen LogP contribution in [0.5, 0.6) is 0 Å². The number of carbonyl (C=O) groups excluding carboxylic acids is 2. The zero-order valence-corrected chi connectivity index (χ0v) is 12.6. The lowest BCUT2D eigenvalue weighted by atomic mass is 10.2. The Morgan fingerprint density at radius 1 is 1.25 bits per heavy atom. The molecule has 0 aliphatic heterocycles. The molecule has 0 aromatic carbocycles. The van der Waals surface area contributed by atoms with Crippen LogP contribution in [0.3, 0.4) is 0 Å². The number of amides is 2. The van der Waals surface area contributed by atoms with Crippen LogP contribution < -0.4 is 5.32 Å². The molecule has 1 N–H and O–H groups in total. The minimum Gasteiger partial charge on any atom is -0.469 e. The fourth-order valence-electron chi connectivity index (χ4n) is 2.06. The van der Waals surface area contributed by atoms with Crippen LogP contribution in [-0.2, 0) is 4.79 Å². The van der Waals surface area contributed by atoms with Crippen molar-refractivity contribution in [1.29, 1.82) is 0 Å². The third-order valence-electron chi connectivity index (χ3n) is 3.07. The Kier molecular flexibility index (Phi) is 6.84. The molecule has 1 aromatic heterocycles. The molecule has 5 nitrogen and oxygen atoms in total. The topological polar surface area (TPSA) is 62.6 Å². The Morgan fingerprint density at radius 2 is 1.90 bits per heavy atom. The number of nitrogens with zero attached hydrogens (tertiary/aromatic N) is 1. The molecule has 0 atom stereocenters. The number of aryl methyl sites for hydroxylation is 1. The first kappa shape index (κ1) is 16.3. The van der Waals surface area contributed by atoms with Gasteiger partial charge in [-0.25, -0.2) is 0 Å². The Morgan fingerprint density at radius 3 is 2.40 bits per heavy atom. The molecule has 1 rings (SSSR count). The highest BCUT2D eigenvalue weighted by atomic mass is 16.3. The van der Waals surface area contributed by atoms with E-state index in [0.29, 0.717) is 24.3 Å². The Balaban J connectivity index is 2.37. The van der Waals surface area contributed by atoms with Crippen LogP contribution in [0.25, 0.3) is 0 Å². The summed E-state index contributed by atoms with van der Waals surface area (Å²) in [7, 11) is 0. The van der Waals surface area contributed by atoms with Crippen molar-refractivity contribution in [3.63, 3.8) is 0 Å². The first-order valence-electron chi connectivity index (χ1n) is 7.20. The molecule has 0 unspecified atom stereocenters. The maximum atomic E-state index is 12.0. The second kappa shape index (κ2) is 8.40. The van der Waals surface area contributed by atoms with Gasteiger partial charge in [-0.1, -0.05) is 13.8 Å². The molecule has 1 aromatic rings. The molecule has 0 saturated heterocycles. The number of hydrogen-bond donors (Lipinski definition) is 1. The first-order chi connectivity index (χ1) is 9.60. The highest BCUT2D eigenvalue weighted by Gasteiger charge is 2.14. The fraction of sp³-hybridized carbons (Fsp3) is 0.600. The minimum absolute atomic E-state index is 0.0953. The third kappa shape index (κ3) is 4.72. The van der Waals surface area contributed by atoms with E-state index in [2.05, 4.69) is 19.2 Å². The summed E-state index contributed by atoms with van der Waals surface area (Å²) in [5.41, 5.74) is 0.524. The minimum atomic E-state index is -0.193. The van der Waals surface area contributed by atoms with Gasteiger partial charge >= 0.3 is 0 Å². The first-order valence-corrected chi connectivity index (χ1v) is 7.20. The summed E-state index contributed by atoms with van der Waals surface area (Å²) in [4.78, 5) is 25.7. The third-order valence-corrected chi connectivity index (χ3v) is 3.07. The van der Waals surface area contributed by atoms with Gasteiger partial charge in [0.15, 0.2) is 0 Å². The van der Waals surface area contributed by atoms with E-state index in [1.165, 1.54) is 6.26 Å². The molecule has 1 heterocycles. The van der Waals surface area contributed by atoms with Gasteiger partial charge in [-0.3, -0.25) is 9.59 Å². The van der Waals surface area contributed by atoms with Crippen LogP contribution >= 0.6 is 0 Å². The molecular formula is C15H24N2O3. The van der Waals surface area contributed by atoms with Crippen LogP contribution in [0.15, 0.2) is 16.7 Å². The molecule has 0 saturated carbocycles. The molecule has 0 aliphatic carbocycles. The van der Waals surface area contributed by atoms with Gasteiger partial charge in [0.25, 0.3) is 5.91 Å². The molecule has 5 heteroatoms. The molecule has 0 fully saturated rings. The maximum absolute atomic E-state index is 12.0. The SMILES string of the molecule is CCCN(CCC)C(=O)CCNC(=O)c1ccoc1C. The summed E-state index contributed by atoms with van der Waals surface area (Å²) in [6.45, 7) is 7.76. The molecule has 0 aliphatic rings. The van der Waals surface area contributed by atoms with E-state index in [1.54, 1.807) is 13.0 Å². The van der Waals surface area contributed by atoms with Crippen molar-refractivity contribution in [2.75, 3.05) is 19.6 Å². The smallest absolute Gasteiger partial charge is 0.254 e. The van der Waals surface area contributed by atoms with Crippen molar-refractivity contribution >= 4 is 11.8 Å². The van der Waals surface area contributed by atoms with E-state index in [9.17, 15) is 9.59 Å². The normalized spacial score (nSPS) is 10.3. The van der Waals surface area contributed by atoms with Crippen LogP contribution in [0.2, 0.25) is 0 Å².